The number of hydrogen-bond acceptors (Lipinski definition) is 7. The number of benzene rings is 1. The molecule has 2 aliphatic rings. The van der Waals surface area contributed by atoms with Gasteiger partial charge in [0.15, 0.2) is 11.6 Å². The lowest BCUT2D eigenvalue weighted by Crippen LogP contribution is -2.47. The van der Waals surface area contributed by atoms with Crippen molar-refractivity contribution in [3.63, 3.8) is 0 Å². The van der Waals surface area contributed by atoms with Crippen molar-refractivity contribution in [2.75, 3.05) is 13.2 Å². The molecule has 0 amide bonds. The Morgan fingerprint density at radius 2 is 2.00 bits per heavy atom. The van der Waals surface area contributed by atoms with Crippen LogP contribution in [0.15, 0.2) is 29.2 Å². The lowest BCUT2D eigenvalue weighted by molar-refractivity contribution is -0.164. The Morgan fingerprint density at radius 3 is 2.57 bits per heavy atom. The normalized spacial score (nSPS) is 19.0. The first-order valence-electron chi connectivity index (χ1n) is 11.8. The van der Waals surface area contributed by atoms with Crippen LogP contribution >= 0.6 is 0 Å². The molecule has 2 atom stereocenters. The minimum absolute atomic E-state index is 0.0586. The van der Waals surface area contributed by atoms with Gasteiger partial charge in [-0.25, -0.2) is 14.0 Å². The Kier molecular flexibility index (Phi) is 6.73. The van der Waals surface area contributed by atoms with E-state index in [2.05, 4.69) is 16.9 Å². The molecule has 1 unspecified atom stereocenters. The predicted octanol–water partition coefficient (Wildman–Crippen LogP) is 3.73. The molecule has 1 aromatic heterocycles. The Morgan fingerprint density at radius 1 is 1.29 bits per heavy atom. The van der Waals surface area contributed by atoms with Crippen molar-refractivity contribution in [3.8, 4) is 5.75 Å². The Labute approximate surface area is 202 Å². The van der Waals surface area contributed by atoms with Crippen LogP contribution in [0, 0.1) is 5.82 Å². The van der Waals surface area contributed by atoms with Gasteiger partial charge >= 0.3 is 11.9 Å². The summed E-state index contributed by atoms with van der Waals surface area (Å²) in [4.78, 5) is 41.4. The number of carbonyl (C=O) groups is 2. The first-order valence-corrected chi connectivity index (χ1v) is 11.8. The Bertz CT molecular complexity index is 1240. The van der Waals surface area contributed by atoms with Crippen LogP contribution in [0.25, 0.3) is 10.9 Å². The summed E-state index contributed by atoms with van der Waals surface area (Å²) in [5, 5.41) is 3.28. The molecular formula is C26H31FN2O6. The van der Waals surface area contributed by atoms with Crippen LogP contribution in [-0.4, -0.2) is 47.8 Å². The highest BCUT2D eigenvalue weighted by molar-refractivity contribution is 5.95. The van der Waals surface area contributed by atoms with E-state index in [0.717, 1.165) is 18.4 Å². The predicted molar refractivity (Wildman–Crippen MR) is 128 cm³/mol. The van der Waals surface area contributed by atoms with Crippen molar-refractivity contribution in [2.45, 2.75) is 70.6 Å². The van der Waals surface area contributed by atoms with E-state index in [4.69, 9.17) is 14.2 Å². The average Bonchev–Trinajstić information content (AvgIpc) is 3.52. The van der Waals surface area contributed by atoms with Gasteiger partial charge in [0, 0.05) is 12.7 Å². The van der Waals surface area contributed by atoms with Crippen LogP contribution in [0.4, 0.5) is 4.39 Å². The van der Waals surface area contributed by atoms with E-state index in [1.54, 1.807) is 27.7 Å². The van der Waals surface area contributed by atoms with Crippen LogP contribution in [-0.2, 0) is 14.3 Å². The summed E-state index contributed by atoms with van der Waals surface area (Å²) >= 11 is 0. The Hall–Kier alpha value is -3.20. The van der Waals surface area contributed by atoms with Crippen LogP contribution in [0.3, 0.4) is 0 Å². The highest BCUT2D eigenvalue weighted by Crippen LogP contribution is 2.45. The second kappa shape index (κ2) is 9.45. The molecule has 188 valence electrons. The number of halogens is 1. The number of fused-ring (bicyclic) bond motifs is 1. The summed E-state index contributed by atoms with van der Waals surface area (Å²) in [7, 11) is 0. The van der Waals surface area contributed by atoms with E-state index < -0.39 is 40.9 Å². The number of H-pyrrole nitrogens is 1. The van der Waals surface area contributed by atoms with Gasteiger partial charge in [-0.05, 0) is 64.5 Å². The highest BCUT2D eigenvalue weighted by atomic mass is 19.1. The van der Waals surface area contributed by atoms with Crippen molar-refractivity contribution in [3.05, 3.63) is 51.6 Å². The molecule has 0 bridgehead atoms. The topological polar surface area (TPSA) is 107 Å². The molecule has 0 spiro atoms. The van der Waals surface area contributed by atoms with E-state index in [9.17, 15) is 14.4 Å². The number of aromatic nitrogens is 1. The number of aromatic amines is 1. The molecule has 1 saturated carbocycles. The van der Waals surface area contributed by atoms with Gasteiger partial charge < -0.3 is 24.5 Å². The SMILES string of the molecule is C=C1CN[C@H](C(Oc2c(F)c(C3CC3)cc3c(=O)c(C(=O)OCC)c[nH]c23)C(=O)OC(C)(C)C)C1. The highest BCUT2D eigenvalue weighted by Gasteiger charge is 2.39. The van der Waals surface area contributed by atoms with Gasteiger partial charge in [0.25, 0.3) is 0 Å². The zero-order valence-electron chi connectivity index (χ0n) is 20.5. The van der Waals surface area contributed by atoms with Crippen molar-refractivity contribution < 1.29 is 28.2 Å². The zero-order chi connectivity index (χ0) is 25.5. The average molecular weight is 487 g/mol. The molecule has 2 heterocycles. The van der Waals surface area contributed by atoms with Gasteiger partial charge in [-0.2, -0.15) is 0 Å². The minimum Gasteiger partial charge on any atom is -0.472 e. The third-order valence-corrected chi connectivity index (χ3v) is 5.98. The first-order chi connectivity index (χ1) is 16.5. The second-order valence-corrected chi connectivity index (χ2v) is 10.1. The number of esters is 2. The number of hydrogen-bond donors (Lipinski definition) is 2. The molecule has 2 N–H and O–H groups in total. The lowest BCUT2D eigenvalue weighted by Gasteiger charge is -2.28. The third-order valence-electron chi connectivity index (χ3n) is 5.98. The summed E-state index contributed by atoms with van der Waals surface area (Å²) in [6.45, 7) is 11.4. The fourth-order valence-electron chi connectivity index (χ4n) is 4.22. The van der Waals surface area contributed by atoms with Gasteiger partial charge in [0.2, 0.25) is 11.5 Å². The van der Waals surface area contributed by atoms with Gasteiger partial charge in [0.1, 0.15) is 11.2 Å². The fraction of sp³-hybridized carbons (Fsp3) is 0.500. The molecule has 2 fully saturated rings. The van der Waals surface area contributed by atoms with Crippen LogP contribution in [0.2, 0.25) is 0 Å². The summed E-state index contributed by atoms with van der Waals surface area (Å²) in [6.07, 6.45) is 2.00. The standard InChI is InChI=1S/C26H31FN2O6/c1-6-33-24(31)17-12-29-20-16(21(17)30)10-15(14-7-8-14)19(27)23(20)34-22(18-9-13(2)11-28-18)25(32)35-26(3,4)5/h10,12,14,18,22,28H,2,6-9,11H2,1,3-5H3,(H,29,30)/t18-,22?/m0/s1. The summed E-state index contributed by atoms with van der Waals surface area (Å²) in [5.74, 6) is -2.36. The Balaban J connectivity index is 1.84. The van der Waals surface area contributed by atoms with Gasteiger partial charge in [-0.15, -0.1) is 0 Å². The number of rotatable bonds is 7. The van der Waals surface area contributed by atoms with Crippen molar-refractivity contribution in [1.82, 2.24) is 10.3 Å². The van der Waals surface area contributed by atoms with E-state index in [1.807, 2.05) is 0 Å². The maximum atomic E-state index is 15.8. The van der Waals surface area contributed by atoms with Crippen LogP contribution in [0.5, 0.6) is 5.75 Å². The summed E-state index contributed by atoms with van der Waals surface area (Å²) in [5.41, 5.74) is -0.285. The maximum Gasteiger partial charge on any atom is 0.349 e. The van der Waals surface area contributed by atoms with E-state index in [-0.39, 0.29) is 34.7 Å². The van der Waals surface area contributed by atoms with Crippen molar-refractivity contribution >= 4 is 22.8 Å². The number of carbonyl (C=O) groups excluding carboxylic acids is 2. The monoisotopic (exact) mass is 486 g/mol. The first kappa shape index (κ1) is 24.9. The molecule has 4 rings (SSSR count). The minimum atomic E-state index is -1.19. The van der Waals surface area contributed by atoms with Crippen LogP contribution in [0.1, 0.15) is 68.8 Å². The molecule has 35 heavy (non-hydrogen) atoms. The second-order valence-electron chi connectivity index (χ2n) is 10.1. The lowest BCUT2D eigenvalue weighted by atomic mass is 10.0. The summed E-state index contributed by atoms with van der Waals surface area (Å²) in [6, 6.07) is 0.983. The van der Waals surface area contributed by atoms with Gasteiger partial charge in [0.05, 0.1) is 23.6 Å². The molecule has 2 aromatic rings. The maximum absolute atomic E-state index is 15.8. The van der Waals surface area contributed by atoms with E-state index in [1.165, 1.54) is 12.3 Å². The molecule has 0 radical (unpaired) electrons. The number of pyridine rings is 1. The third kappa shape index (κ3) is 5.24. The number of nitrogens with one attached hydrogen (secondary N) is 2. The molecule has 1 aromatic carbocycles. The largest absolute Gasteiger partial charge is 0.472 e. The molecule has 8 nitrogen and oxygen atoms in total. The molecule has 1 aliphatic heterocycles. The molecule has 1 aliphatic carbocycles. The number of ether oxygens (including phenoxy) is 3. The quantitative estimate of drug-likeness (QED) is 0.454. The van der Waals surface area contributed by atoms with E-state index >= 15 is 4.39 Å². The molecule has 1 saturated heterocycles. The smallest absolute Gasteiger partial charge is 0.349 e. The van der Waals surface area contributed by atoms with Crippen molar-refractivity contribution in [2.24, 2.45) is 0 Å². The van der Waals surface area contributed by atoms with Gasteiger partial charge in [-0.3, -0.25) is 4.79 Å². The van der Waals surface area contributed by atoms with Gasteiger partial charge in [-0.1, -0.05) is 12.2 Å². The molecular weight excluding hydrogens is 455 g/mol. The fourth-order valence-corrected chi connectivity index (χ4v) is 4.22. The van der Waals surface area contributed by atoms with E-state index in [0.29, 0.717) is 18.5 Å². The molecule has 9 heteroatoms. The van der Waals surface area contributed by atoms with Crippen LogP contribution < -0.4 is 15.5 Å². The summed E-state index contributed by atoms with van der Waals surface area (Å²) < 4.78 is 32.4. The zero-order valence-corrected chi connectivity index (χ0v) is 20.5. The van der Waals surface area contributed by atoms with Crippen molar-refractivity contribution in [1.29, 1.82) is 0 Å².